The molecule has 0 heterocycles. The molecule has 0 aliphatic carbocycles. The van der Waals surface area contributed by atoms with Crippen LogP contribution in [-0.2, 0) is 12.8 Å². The van der Waals surface area contributed by atoms with Gasteiger partial charge in [0.2, 0.25) is 0 Å². The molecule has 64 valence electrons. The average Bonchev–Trinajstić information content (AvgIpc) is 2.03. The van der Waals surface area contributed by atoms with Gasteiger partial charge in [-0.15, -0.1) is 0 Å². The van der Waals surface area contributed by atoms with Crippen LogP contribution in [0.25, 0.3) is 0 Å². The summed E-state index contributed by atoms with van der Waals surface area (Å²) in [6.45, 7) is 8.15. The van der Waals surface area contributed by atoms with Crippen LogP contribution < -0.4 is 0 Å². The zero-order chi connectivity index (χ0) is 8.97. The van der Waals surface area contributed by atoms with Crippen LogP contribution in [0, 0.1) is 0 Å². The minimum Gasteiger partial charge on any atom is -0.0998 e. The third-order valence-corrected chi connectivity index (χ3v) is 1.91. The van der Waals surface area contributed by atoms with Gasteiger partial charge >= 0.3 is 0 Å². The fourth-order valence-corrected chi connectivity index (χ4v) is 1.31. The average molecular weight is 160 g/mol. The number of benzene rings is 1. The monoisotopic (exact) mass is 160 g/mol. The number of hydrogen-bond donors (Lipinski definition) is 0. The van der Waals surface area contributed by atoms with Crippen LogP contribution in [0.5, 0.6) is 0 Å². The van der Waals surface area contributed by atoms with E-state index in [1.165, 1.54) is 16.7 Å². The molecular formula is C12H16. The molecule has 1 aromatic carbocycles. The van der Waals surface area contributed by atoms with Gasteiger partial charge in [0.15, 0.2) is 0 Å². The Labute approximate surface area is 74.9 Å². The van der Waals surface area contributed by atoms with Crippen molar-refractivity contribution in [1.29, 1.82) is 0 Å². The van der Waals surface area contributed by atoms with E-state index in [9.17, 15) is 0 Å². The van der Waals surface area contributed by atoms with Gasteiger partial charge < -0.3 is 0 Å². The minimum absolute atomic E-state index is 1.01. The first-order valence-corrected chi connectivity index (χ1v) is 4.44. The Balaban J connectivity index is 2.79. The van der Waals surface area contributed by atoms with Crippen molar-refractivity contribution in [2.75, 3.05) is 0 Å². The molecule has 0 aromatic heterocycles. The molecule has 0 spiro atoms. The first kappa shape index (κ1) is 9.05. The van der Waals surface area contributed by atoms with E-state index in [1.54, 1.807) is 0 Å². The molecule has 0 radical (unpaired) electrons. The van der Waals surface area contributed by atoms with Gasteiger partial charge in [0.05, 0.1) is 0 Å². The van der Waals surface area contributed by atoms with Crippen molar-refractivity contribution in [3.05, 3.63) is 47.5 Å². The predicted molar refractivity (Wildman–Crippen MR) is 54.3 cm³/mol. The van der Waals surface area contributed by atoms with Crippen molar-refractivity contribution in [2.45, 2.75) is 26.7 Å². The number of aryl methyl sites for hydroxylation is 1. The van der Waals surface area contributed by atoms with Crippen LogP contribution in [0.3, 0.4) is 0 Å². The zero-order valence-corrected chi connectivity index (χ0v) is 7.93. The Hall–Kier alpha value is -1.04. The van der Waals surface area contributed by atoms with Gasteiger partial charge in [-0.2, -0.15) is 0 Å². The maximum absolute atomic E-state index is 3.91. The van der Waals surface area contributed by atoms with Gasteiger partial charge in [-0.25, -0.2) is 0 Å². The summed E-state index contributed by atoms with van der Waals surface area (Å²) >= 11 is 0. The minimum atomic E-state index is 1.01. The molecule has 0 atom stereocenters. The lowest BCUT2D eigenvalue weighted by molar-refractivity contribution is 1.10. The molecule has 0 aliphatic rings. The largest absolute Gasteiger partial charge is 0.0998 e. The summed E-state index contributed by atoms with van der Waals surface area (Å²) in [5.74, 6) is 0. The van der Waals surface area contributed by atoms with Gasteiger partial charge in [0.1, 0.15) is 0 Å². The van der Waals surface area contributed by atoms with Gasteiger partial charge in [-0.1, -0.05) is 43.3 Å². The number of rotatable bonds is 3. The van der Waals surface area contributed by atoms with E-state index in [4.69, 9.17) is 0 Å². The lowest BCUT2D eigenvalue weighted by Crippen LogP contribution is -1.87. The smallest absolute Gasteiger partial charge is 0.00725 e. The number of allylic oxidation sites excluding steroid dienone is 1. The molecule has 0 bridgehead atoms. The molecule has 0 fully saturated rings. The summed E-state index contributed by atoms with van der Waals surface area (Å²) in [5.41, 5.74) is 4.01. The molecular weight excluding hydrogens is 144 g/mol. The Morgan fingerprint density at radius 3 is 2.58 bits per heavy atom. The fourth-order valence-electron chi connectivity index (χ4n) is 1.31. The normalized spacial score (nSPS) is 9.83. The van der Waals surface area contributed by atoms with Crippen molar-refractivity contribution in [1.82, 2.24) is 0 Å². The lowest BCUT2D eigenvalue weighted by Gasteiger charge is -2.02. The van der Waals surface area contributed by atoms with E-state index < -0.39 is 0 Å². The van der Waals surface area contributed by atoms with E-state index in [0.29, 0.717) is 0 Å². The summed E-state index contributed by atoms with van der Waals surface area (Å²) in [6.07, 6.45) is 2.12. The highest BCUT2D eigenvalue weighted by Gasteiger charge is 1.94. The molecule has 0 N–H and O–H groups in total. The summed E-state index contributed by atoms with van der Waals surface area (Å²) in [4.78, 5) is 0. The number of hydrogen-bond acceptors (Lipinski definition) is 0. The van der Waals surface area contributed by atoms with Gasteiger partial charge in [0, 0.05) is 0 Å². The van der Waals surface area contributed by atoms with E-state index in [1.807, 2.05) is 0 Å². The summed E-state index contributed by atoms with van der Waals surface area (Å²) in [5, 5.41) is 0. The Kier molecular flexibility index (Phi) is 3.09. The summed E-state index contributed by atoms with van der Waals surface area (Å²) in [7, 11) is 0. The summed E-state index contributed by atoms with van der Waals surface area (Å²) in [6, 6.07) is 8.71. The Bertz CT molecular complexity index is 271. The van der Waals surface area contributed by atoms with Crippen molar-refractivity contribution < 1.29 is 0 Å². The van der Waals surface area contributed by atoms with Crippen LogP contribution in [0.2, 0.25) is 0 Å². The predicted octanol–water partition coefficient (Wildman–Crippen LogP) is 3.37. The third-order valence-electron chi connectivity index (χ3n) is 1.91. The molecule has 0 amide bonds. The maximum atomic E-state index is 3.91. The fraction of sp³-hybridized carbons (Fsp3) is 0.333. The highest BCUT2D eigenvalue weighted by Crippen LogP contribution is 2.09. The van der Waals surface area contributed by atoms with Gasteiger partial charge in [-0.3, -0.25) is 0 Å². The molecule has 0 heteroatoms. The molecule has 0 saturated heterocycles. The van der Waals surface area contributed by atoms with E-state index in [2.05, 4.69) is 44.7 Å². The second-order valence-electron chi connectivity index (χ2n) is 3.31. The SMILES string of the molecule is C=C(C)Cc1cccc(CC)c1. The zero-order valence-electron chi connectivity index (χ0n) is 7.93. The van der Waals surface area contributed by atoms with Crippen LogP contribution in [0.15, 0.2) is 36.4 Å². The first-order chi connectivity index (χ1) is 5.72. The van der Waals surface area contributed by atoms with Gasteiger partial charge in [0.25, 0.3) is 0 Å². The van der Waals surface area contributed by atoms with E-state index in [0.717, 1.165) is 12.8 Å². The van der Waals surface area contributed by atoms with E-state index >= 15 is 0 Å². The first-order valence-electron chi connectivity index (χ1n) is 4.44. The van der Waals surface area contributed by atoms with Crippen LogP contribution in [0.1, 0.15) is 25.0 Å². The topological polar surface area (TPSA) is 0 Å². The highest BCUT2D eigenvalue weighted by molar-refractivity contribution is 5.26. The highest BCUT2D eigenvalue weighted by atomic mass is 14.0. The van der Waals surface area contributed by atoms with Crippen molar-refractivity contribution >= 4 is 0 Å². The molecule has 1 rings (SSSR count). The second-order valence-corrected chi connectivity index (χ2v) is 3.31. The van der Waals surface area contributed by atoms with E-state index in [-0.39, 0.29) is 0 Å². The second kappa shape index (κ2) is 4.10. The maximum Gasteiger partial charge on any atom is -0.00725 e. The van der Waals surface area contributed by atoms with Crippen molar-refractivity contribution in [2.24, 2.45) is 0 Å². The molecule has 0 unspecified atom stereocenters. The quantitative estimate of drug-likeness (QED) is 0.595. The lowest BCUT2D eigenvalue weighted by atomic mass is 10.0. The van der Waals surface area contributed by atoms with Crippen molar-refractivity contribution in [3.8, 4) is 0 Å². The molecule has 0 aliphatic heterocycles. The third kappa shape index (κ3) is 2.54. The van der Waals surface area contributed by atoms with Crippen LogP contribution in [-0.4, -0.2) is 0 Å². The van der Waals surface area contributed by atoms with Gasteiger partial charge in [-0.05, 0) is 30.9 Å². The molecule has 0 nitrogen and oxygen atoms in total. The van der Waals surface area contributed by atoms with Crippen LogP contribution in [0.4, 0.5) is 0 Å². The molecule has 12 heavy (non-hydrogen) atoms. The Morgan fingerprint density at radius 2 is 2.00 bits per heavy atom. The van der Waals surface area contributed by atoms with Crippen LogP contribution >= 0.6 is 0 Å². The van der Waals surface area contributed by atoms with Crippen molar-refractivity contribution in [3.63, 3.8) is 0 Å². The summed E-state index contributed by atoms with van der Waals surface area (Å²) < 4.78 is 0. The molecule has 0 saturated carbocycles. The Morgan fingerprint density at radius 1 is 1.33 bits per heavy atom. The standard InChI is InChI=1S/C12H16/c1-4-11-6-5-7-12(9-11)8-10(2)3/h5-7,9H,2,4,8H2,1,3H3. The molecule has 1 aromatic rings.